The minimum absolute atomic E-state index is 0.00272. The van der Waals surface area contributed by atoms with Gasteiger partial charge < -0.3 is 9.47 Å². The molecule has 1 aromatic carbocycles. The molecule has 0 bridgehead atoms. The highest BCUT2D eigenvalue weighted by Gasteiger charge is 2.23. The topological polar surface area (TPSA) is 18.5 Å². The lowest BCUT2D eigenvalue weighted by Crippen LogP contribution is -2.25. The lowest BCUT2D eigenvalue weighted by Gasteiger charge is -2.29. The van der Waals surface area contributed by atoms with Crippen molar-refractivity contribution in [2.45, 2.75) is 83.3 Å². The Bertz CT molecular complexity index is 479. The van der Waals surface area contributed by atoms with E-state index in [-0.39, 0.29) is 6.29 Å². The molecule has 1 aliphatic carbocycles. The molecule has 0 aromatic heterocycles. The number of hydrogen-bond acceptors (Lipinski definition) is 2. The van der Waals surface area contributed by atoms with Crippen LogP contribution in [0.2, 0.25) is 0 Å². The lowest BCUT2D eigenvalue weighted by atomic mass is 9.78. The first-order chi connectivity index (χ1) is 12.3. The summed E-state index contributed by atoms with van der Waals surface area (Å²) in [6, 6.07) is 9.35. The van der Waals surface area contributed by atoms with Crippen molar-refractivity contribution in [2.75, 3.05) is 13.7 Å². The molecule has 1 heterocycles. The molecule has 0 amide bonds. The van der Waals surface area contributed by atoms with Crippen molar-refractivity contribution in [3.8, 4) is 0 Å². The number of aryl methyl sites for hydroxylation is 1. The first-order valence-electron chi connectivity index (χ1n) is 10.5. The van der Waals surface area contributed by atoms with E-state index in [0.717, 1.165) is 24.9 Å². The van der Waals surface area contributed by atoms with Gasteiger partial charge in [0.05, 0.1) is 6.61 Å². The second kappa shape index (κ2) is 9.73. The summed E-state index contributed by atoms with van der Waals surface area (Å²) in [5.41, 5.74) is 2.93. The second-order valence-corrected chi connectivity index (χ2v) is 8.23. The average Bonchev–Trinajstić information content (AvgIpc) is 2.68. The zero-order valence-corrected chi connectivity index (χ0v) is 16.2. The molecule has 0 N–H and O–H groups in total. The first kappa shape index (κ1) is 18.9. The van der Waals surface area contributed by atoms with E-state index in [2.05, 4.69) is 31.2 Å². The maximum atomic E-state index is 5.75. The Morgan fingerprint density at radius 3 is 2.16 bits per heavy atom. The summed E-state index contributed by atoms with van der Waals surface area (Å²) in [5, 5.41) is 0. The fraction of sp³-hybridized carbons (Fsp3) is 0.739. The monoisotopic (exact) mass is 344 g/mol. The number of hydrogen-bond donors (Lipinski definition) is 0. The Morgan fingerprint density at radius 1 is 0.920 bits per heavy atom. The smallest absolute Gasteiger partial charge is 0.157 e. The molecule has 0 spiro atoms. The highest BCUT2D eigenvalue weighted by atomic mass is 16.7. The van der Waals surface area contributed by atoms with Gasteiger partial charge in [-0.3, -0.25) is 0 Å². The quantitative estimate of drug-likeness (QED) is 0.595. The van der Waals surface area contributed by atoms with Gasteiger partial charge in [0.1, 0.15) is 0 Å². The van der Waals surface area contributed by atoms with Gasteiger partial charge >= 0.3 is 0 Å². The van der Waals surface area contributed by atoms with Gasteiger partial charge in [0.15, 0.2) is 6.29 Å². The van der Waals surface area contributed by atoms with Crippen LogP contribution in [0.4, 0.5) is 0 Å². The van der Waals surface area contributed by atoms with Crippen LogP contribution < -0.4 is 0 Å². The van der Waals surface area contributed by atoms with Gasteiger partial charge in [0.25, 0.3) is 0 Å². The van der Waals surface area contributed by atoms with Crippen LogP contribution in [0.3, 0.4) is 0 Å². The van der Waals surface area contributed by atoms with Crippen LogP contribution in [-0.2, 0) is 15.9 Å². The summed E-state index contributed by atoms with van der Waals surface area (Å²) >= 11 is 0. The van der Waals surface area contributed by atoms with E-state index in [4.69, 9.17) is 9.47 Å². The predicted octanol–water partition coefficient (Wildman–Crippen LogP) is 6.09. The normalized spacial score (nSPS) is 30.3. The molecule has 0 radical (unpaired) electrons. The van der Waals surface area contributed by atoms with E-state index in [9.17, 15) is 0 Å². The van der Waals surface area contributed by atoms with E-state index in [1.807, 2.05) is 0 Å². The molecule has 1 saturated carbocycles. The molecule has 1 aromatic rings. The summed E-state index contributed by atoms with van der Waals surface area (Å²) in [6.45, 7) is 3.12. The minimum atomic E-state index is 0.00272. The maximum absolute atomic E-state index is 5.75. The zero-order valence-electron chi connectivity index (χ0n) is 16.2. The molecular weight excluding hydrogens is 308 g/mol. The molecule has 2 unspecified atom stereocenters. The first-order valence-corrected chi connectivity index (χ1v) is 10.5. The molecule has 1 saturated heterocycles. The fourth-order valence-electron chi connectivity index (χ4n) is 4.72. The van der Waals surface area contributed by atoms with E-state index in [1.54, 1.807) is 7.11 Å². The number of rotatable bonds is 7. The van der Waals surface area contributed by atoms with E-state index in [0.29, 0.717) is 5.92 Å². The molecule has 2 fully saturated rings. The Balaban J connectivity index is 1.41. The second-order valence-electron chi connectivity index (χ2n) is 8.23. The molecule has 1 aliphatic heterocycles. The van der Waals surface area contributed by atoms with Crippen molar-refractivity contribution in [1.29, 1.82) is 0 Å². The lowest BCUT2D eigenvalue weighted by molar-refractivity contribution is -0.150. The van der Waals surface area contributed by atoms with Gasteiger partial charge in [-0.05, 0) is 48.6 Å². The Morgan fingerprint density at radius 2 is 1.60 bits per heavy atom. The van der Waals surface area contributed by atoms with Crippen molar-refractivity contribution in [2.24, 2.45) is 11.8 Å². The van der Waals surface area contributed by atoms with E-state index < -0.39 is 0 Å². The number of methoxy groups -OCH3 is 1. The van der Waals surface area contributed by atoms with Gasteiger partial charge in [-0.25, -0.2) is 0 Å². The van der Waals surface area contributed by atoms with E-state index in [1.165, 1.54) is 68.9 Å². The SMILES string of the molecule is CCCC1CCC(CCc2ccc(C3CCC(OC)OC3)cc2)CC1. The summed E-state index contributed by atoms with van der Waals surface area (Å²) < 4.78 is 11.0. The zero-order chi connectivity index (χ0) is 17.5. The van der Waals surface area contributed by atoms with Gasteiger partial charge in [-0.15, -0.1) is 0 Å². The third kappa shape index (κ3) is 5.56. The van der Waals surface area contributed by atoms with Crippen LogP contribution in [0.25, 0.3) is 0 Å². The van der Waals surface area contributed by atoms with Crippen molar-refractivity contribution in [1.82, 2.24) is 0 Å². The fourth-order valence-corrected chi connectivity index (χ4v) is 4.72. The van der Waals surface area contributed by atoms with Gasteiger partial charge in [-0.2, -0.15) is 0 Å². The highest BCUT2D eigenvalue weighted by Crippen LogP contribution is 2.34. The van der Waals surface area contributed by atoms with Crippen molar-refractivity contribution in [3.63, 3.8) is 0 Å². The Labute approximate surface area is 154 Å². The minimum Gasteiger partial charge on any atom is -0.356 e. The van der Waals surface area contributed by atoms with Crippen LogP contribution in [0.15, 0.2) is 24.3 Å². The standard InChI is InChI=1S/C23H36O2/c1-3-4-18-5-7-19(8-6-18)9-10-20-11-13-21(14-12-20)22-15-16-23(24-2)25-17-22/h11-14,18-19,22-23H,3-10,15-17H2,1-2H3. The Kier molecular flexibility index (Phi) is 7.36. The van der Waals surface area contributed by atoms with Gasteiger partial charge in [0, 0.05) is 13.0 Å². The van der Waals surface area contributed by atoms with Crippen molar-refractivity contribution >= 4 is 0 Å². The summed E-state index contributed by atoms with van der Waals surface area (Å²) in [5.74, 6) is 2.52. The van der Waals surface area contributed by atoms with Crippen molar-refractivity contribution in [3.05, 3.63) is 35.4 Å². The third-order valence-electron chi connectivity index (χ3n) is 6.45. The van der Waals surface area contributed by atoms with E-state index >= 15 is 0 Å². The van der Waals surface area contributed by atoms with Crippen LogP contribution >= 0.6 is 0 Å². The molecule has 2 nitrogen and oxygen atoms in total. The maximum Gasteiger partial charge on any atom is 0.157 e. The van der Waals surface area contributed by atoms with Gasteiger partial charge in [-0.1, -0.05) is 69.7 Å². The third-order valence-corrected chi connectivity index (χ3v) is 6.45. The van der Waals surface area contributed by atoms with Gasteiger partial charge in [0.2, 0.25) is 0 Å². The molecule has 2 heteroatoms. The molecule has 2 atom stereocenters. The summed E-state index contributed by atoms with van der Waals surface area (Å²) in [4.78, 5) is 0. The highest BCUT2D eigenvalue weighted by molar-refractivity contribution is 5.26. The van der Waals surface area contributed by atoms with Crippen molar-refractivity contribution < 1.29 is 9.47 Å². The summed E-state index contributed by atoms with van der Waals surface area (Å²) in [6.07, 6.45) is 13.5. The number of benzene rings is 1. The van der Waals surface area contributed by atoms with Crippen LogP contribution in [0.1, 0.15) is 81.8 Å². The number of ether oxygens (including phenoxy) is 2. The van der Waals surface area contributed by atoms with Crippen LogP contribution in [-0.4, -0.2) is 20.0 Å². The van der Waals surface area contributed by atoms with Crippen LogP contribution in [0, 0.1) is 11.8 Å². The molecule has 2 aliphatic rings. The Hall–Kier alpha value is -0.860. The molecule has 25 heavy (non-hydrogen) atoms. The summed E-state index contributed by atoms with van der Waals surface area (Å²) in [7, 11) is 1.73. The molecule has 140 valence electrons. The predicted molar refractivity (Wildman–Crippen MR) is 104 cm³/mol. The van der Waals surface area contributed by atoms with Crippen LogP contribution in [0.5, 0.6) is 0 Å². The largest absolute Gasteiger partial charge is 0.356 e. The molecule has 3 rings (SSSR count). The average molecular weight is 345 g/mol. The molecular formula is C23H36O2.